The van der Waals surface area contributed by atoms with E-state index in [0.29, 0.717) is 5.56 Å². The van der Waals surface area contributed by atoms with Crippen molar-refractivity contribution in [2.45, 2.75) is 0 Å². The average Bonchev–Trinajstić information content (AvgIpc) is 2.24. The first-order chi connectivity index (χ1) is 7.47. The molecule has 0 unspecified atom stereocenters. The Balaban J connectivity index is 3.07. The molecule has 0 heterocycles. The summed E-state index contributed by atoms with van der Waals surface area (Å²) in [4.78, 5) is 13.2. The fraction of sp³-hybridized carbons (Fsp3) is 0.182. The minimum absolute atomic E-state index is 0.221. The number of carbonyl (C=O) groups is 1. The number of benzene rings is 1. The van der Waals surface area contributed by atoms with Crippen LogP contribution in [0.3, 0.4) is 0 Å². The van der Waals surface area contributed by atoms with Gasteiger partial charge in [-0.25, -0.2) is 0 Å². The summed E-state index contributed by atoms with van der Waals surface area (Å²) in [7, 11) is 1.60. The fourth-order valence-electron chi connectivity index (χ4n) is 1.14. The van der Waals surface area contributed by atoms with Crippen LogP contribution in [-0.2, 0) is 0 Å². The monoisotopic (exact) mass is 256 g/mol. The molecule has 16 heavy (non-hydrogen) atoms. The first kappa shape index (κ1) is 12.7. The van der Waals surface area contributed by atoms with Gasteiger partial charge in [0.15, 0.2) is 0 Å². The molecule has 0 aromatic heterocycles. The molecule has 0 aliphatic rings. The molecule has 1 rings (SSSR count). The smallest absolute Gasteiger partial charge is 0.254 e. The zero-order valence-electron chi connectivity index (χ0n) is 8.63. The van der Waals surface area contributed by atoms with Gasteiger partial charge in [-0.1, -0.05) is 29.1 Å². The number of rotatable bonds is 2. The lowest BCUT2D eigenvalue weighted by Crippen LogP contribution is -2.27. The van der Waals surface area contributed by atoms with Crippen molar-refractivity contribution in [2.75, 3.05) is 19.3 Å². The number of anilines is 1. The van der Waals surface area contributed by atoms with Gasteiger partial charge in [0.2, 0.25) is 0 Å². The van der Waals surface area contributed by atoms with Crippen LogP contribution in [0, 0.1) is 12.3 Å². The molecule has 0 spiro atoms. The molecule has 0 atom stereocenters. The summed E-state index contributed by atoms with van der Waals surface area (Å²) in [5.41, 5.74) is 6.19. The molecule has 0 aliphatic heterocycles. The van der Waals surface area contributed by atoms with Crippen molar-refractivity contribution in [3.63, 3.8) is 0 Å². The highest BCUT2D eigenvalue weighted by atomic mass is 35.5. The van der Waals surface area contributed by atoms with Gasteiger partial charge >= 0.3 is 0 Å². The summed E-state index contributed by atoms with van der Waals surface area (Å²) < 4.78 is 0. The van der Waals surface area contributed by atoms with Crippen LogP contribution in [-0.4, -0.2) is 24.4 Å². The first-order valence-corrected chi connectivity index (χ1v) is 5.16. The second-order valence-electron chi connectivity index (χ2n) is 3.22. The van der Waals surface area contributed by atoms with Gasteiger partial charge in [0.25, 0.3) is 5.91 Å². The van der Waals surface area contributed by atoms with Crippen molar-refractivity contribution in [2.24, 2.45) is 0 Å². The normalized spacial score (nSPS) is 9.62. The van der Waals surface area contributed by atoms with Gasteiger partial charge in [0.05, 0.1) is 22.3 Å². The Bertz CT molecular complexity index is 443. The summed E-state index contributed by atoms with van der Waals surface area (Å²) in [5.74, 6) is 2.12. The Hall–Kier alpha value is -1.37. The van der Waals surface area contributed by atoms with E-state index in [4.69, 9.17) is 35.4 Å². The number of nitrogens with zero attached hydrogens (tertiary/aromatic N) is 1. The van der Waals surface area contributed by atoms with Crippen LogP contribution < -0.4 is 5.73 Å². The number of hydrogen-bond acceptors (Lipinski definition) is 2. The number of nitrogens with two attached hydrogens (primary N) is 1. The predicted octanol–water partition coefficient (Wildman–Crippen LogP) is 2.28. The topological polar surface area (TPSA) is 46.3 Å². The fourth-order valence-corrected chi connectivity index (χ4v) is 1.62. The number of terminal acetylenes is 1. The SMILES string of the molecule is C#CCN(C)C(=O)c1cc(Cl)c(N)c(Cl)c1. The van der Waals surface area contributed by atoms with E-state index in [1.807, 2.05) is 0 Å². The van der Waals surface area contributed by atoms with Crippen molar-refractivity contribution in [1.82, 2.24) is 4.90 Å². The van der Waals surface area contributed by atoms with E-state index in [0.717, 1.165) is 0 Å². The third-order valence-electron chi connectivity index (χ3n) is 2.00. The number of halogens is 2. The average molecular weight is 257 g/mol. The molecular weight excluding hydrogens is 247 g/mol. The summed E-state index contributed by atoms with van der Waals surface area (Å²) in [6, 6.07) is 2.94. The van der Waals surface area contributed by atoms with E-state index in [-0.39, 0.29) is 28.2 Å². The lowest BCUT2D eigenvalue weighted by molar-refractivity contribution is 0.0812. The lowest BCUT2D eigenvalue weighted by atomic mass is 10.2. The van der Waals surface area contributed by atoms with Crippen molar-refractivity contribution in [3.8, 4) is 12.3 Å². The zero-order chi connectivity index (χ0) is 12.3. The predicted molar refractivity (Wildman–Crippen MR) is 66.7 cm³/mol. The molecule has 0 fully saturated rings. The van der Waals surface area contributed by atoms with Crippen LogP contribution in [0.2, 0.25) is 10.0 Å². The third kappa shape index (κ3) is 2.60. The largest absolute Gasteiger partial charge is 0.396 e. The van der Waals surface area contributed by atoms with Crippen molar-refractivity contribution in [1.29, 1.82) is 0 Å². The maximum Gasteiger partial charge on any atom is 0.254 e. The Labute approximate surface area is 104 Å². The van der Waals surface area contributed by atoms with E-state index in [9.17, 15) is 4.79 Å². The molecule has 0 radical (unpaired) electrons. The molecule has 1 aromatic rings. The molecule has 3 nitrogen and oxygen atoms in total. The van der Waals surface area contributed by atoms with Crippen molar-refractivity contribution in [3.05, 3.63) is 27.7 Å². The molecule has 1 aromatic carbocycles. The quantitative estimate of drug-likeness (QED) is 0.652. The highest BCUT2D eigenvalue weighted by Gasteiger charge is 2.14. The number of hydrogen-bond donors (Lipinski definition) is 1. The van der Waals surface area contributed by atoms with E-state index in [2.05, 4.69) is 5.92 Å². The van der Waals surface area contributed by atoms with Crippen LogP contribution in [0.25, 0.3) is 0 Å². The Morgan fingerprint density at radius 1 is 1.50 bits per heavy atom. The van der Waals surface area contributed by atoms with Gasteiger partial charge in [-0.2, -0.15) is 0 Å². The molecular formula is C11H10Cl2N2O. The van der Waals surface area contributed by atoms with E-state index < -0.39 is 0 Å². The number of nitrogen functional groups attached to an aromatic ring is 1. The maximum absolute atomic E-state index is 11.8. The second kappa shape index (κ2) is 5.11. The van der Waals surface area contributed by atoms with Crippen molar-refractivity contribution < 1.29 is 4.79 Å². The van der Waals surface area contributed by atoms with Gasteiger partial charge in [-0.3, -0.25) is 4.79 Å². The third-order valence-corrected chi connectivity index (χ3v) is 2.63. The maximum atomic E-state index is 11.8. The summed E-state index contributed by atoms with van der Waals surface area (Å²) in [5, 5.41) is 0.509. The van der Waals surface area contributed by atoms with Crippen LogP contribution >= 0.6 is 23.2 Å². The molecule has 0 saturated heterocycles. The van der Waals surface area contributed by atoms with Crippen LogP contribution in [0.4, 0.5) is 5.69 Å². The Kier molecular flexibility index (Phi) is 4.05. The zero-order valence-corrected chi connectivity index (χ0v) is 10.1. The lowest BCUT2D eigenvalue weighted by Gasteiger charge is -2.14. The number of carbonyl (C=O) groups excluding carboxylic acids is 1. The Morgan fingerprint density at radius 2 is 2.00 bits per heavy atom. The van der Waals surface area contributed by atoms with E-state index in [1.165, 1.54) is 17.0 Å². The summed E-state index contributed by atoms with van der Waals surface area (Å²) >= 11 is 11.6. The van der Waals surface area contributed by atoms with Gasteiger partial charge in [0, 0.05) is 12.6 Å². The molecule has 84 valence electrons. The first-order valence-electron chi connectivity index (χ1n) is 4.40. The van der Waals surface area contributed by atoms with Crippen LogP contribution in [0.1, 0.15) is 10.4 Å². The second-order valence-corrected chi connectivity index (χ2v) is 4.03. The van der Waals surface area contributed by atoms with Gasteiger partial charge < -0.3 is 10.6 Å². The van der Waals surface area contributed by atoms with Gasteiger partial charge in [0.1, 0.15) is 0 Å². The standard InChI is InChI=1S/C11H10Cl2N2O/c1-3-4-15(2)11(16)7-5-8(12)10(14)9(13)6-7/h1,5-6H,4,14H2,2H3. The molecule has 5 heteroatoms. The Morgan fingerprint density at radius 3 is 2.44 bits per heavy atom. The summed E-state index contributed by atoms with van der Waals surface area (Å²) in [6.07, 6.45) is 5.11. The number of amides is 1. The van der Waals surface area contributed by atoms with Crippen LogP contribution in [0.5, 0.6) is 0 Å². The van der Waals surface area contributed by atoms with Crippen LogP contribution in [0.15, 0.2) is 12.1 Å². The molecule has 1 amide bonds. The minimum atomic E-state index is -0.248. The minimum Gasteiger partial charge on any atom is -0.396 e. The molecule has 0 aliphatic carbocycles. The summed E-state index contributed by atoms with van der Waals surface area (Å²) in [6.45, 7) is 0.221. The van der Waals surface area contributed by atoms with Gasteiger partial charge in [-0.05, 0) is 12.1 Å². The van der Waals surface area contributed by atoms with E-state index in [1.54, 1.807) is 7.05 Å². The molecule has 0 bridgehead atoms. The van der Waals surface area contributed by atoms with Crippen molar-refractivity contribution >= 4 is 34.8 Å². The molecule has 2 N–H and O–H groups in total. The highest BCUT2D eigenvalue weighted by molar-refractivity contribution is 6.39. The van der Waals surface area contributed by atoms with E-state index >= 15 is 0 Å². The van der Waals surface area contributed by atoms with Gasteiger partial charge in [-0.15, -0.1) is 6.42 Å². The highest BCUT2D eigenvalue weighted by Crippen LogP contribution is 2.29. The molecule has 0 saturated carbocycles.